The van der Waals surface area contributed by atoms with Crippen LogP contribution in [0.3, 0.4) is 0 Å². The van der Waals surface area contributed by atoms with Gasteiger partial charge in [0, 0.05) is 37.4 Å². The summed E-state index contributed by atoms with van der Waals surface area (Å²) in [5.41, 5.74) is 2.46. The first-order valence-corrected chi connectivity index (χ1v) is 10.0. The third-order valence-electron chi connectivity index (χ3n) is 4.88. The maximum Gasteiger partial charge on any atom is 0.323 e. The fraction of sp³-hybridized carbons (Fsp3) is 0.130. The summed E-state index contributed by atoms with van der Waals surface area (Å²) in [6.45, 7) is 0.121. The van der Waals surface area contributed by atoms with Crippen molar-refractivity contribution >= 4 is 34.2 Å². The highest BCUT2D eigenvalue weighted by Crippen LogP contribution is 2.23. The number of pyridine rings is 1. The Morgan fingerprint density at radius 2 is 1.94 bits per heavy atom. The Balaban J connectivity index is 1.36. The minimum atomic E-state index is -0.647. The predicted octanol–water partition coefficient (Wildman–Crippen LogP) is 3.69. The Bertz CT molecular complexity index is 1340. The summed E-state index contributed by atoms with van der Waals surface area (Å²) >= 11 is 0. The number of hydrogen-bond acceptors (Lipinski definition) is 5. The fourth-order valence-electron chi connectivity index (χ4n) is 3.20. The van der Waals surface area contributed by atoms with Crippen LogP contribution in [0.4, 0.5) is 20.6 Å². The van der Waals surface area contributed by atoms with E-state index in [-0.39, 0.29) is 29.6 Å². The second-order valence-electron chi connectivity index (χ2n) is 7.18. The lowest BCUT2D eigenvalue weighted by Crippen LogP contribution is -2.20. The van der Waals surface area contributed by atoms with Crippen LogP contribution in [0.2, 0.25) is 0 Å². The smallest absolute Gasteiger partial charge is 0.323 e. The summed E-state index contributed by atoms with van der Waals surface area (Å²) in [5.74, 6) is -0.679. The van der Waals surface area contributed by atoms with Gasteiger partial charge in [-0.3, -0.25) is 14.5 Å². The van der Waals surface area contributed by atoms with Gasteiger partial charge in [0.25, 0.3) is 5.91 Å². The maximum atomic E-state index is 14.5. The molecule has 2 aromatic heterocycles. The van der Waals surface area contributed by atoms with Crippen molar-refractivity contribution in [3.8, 4) is 5.75 Å². The number of rotatable bonds is 6. The number of nitrogens with one attached hydrogen (secondary N) is 3. The third kappa shape index (κ3) is 5.06. The number of aromatic nitrogens is 3. The molecule has 3 amide bonds. The monoisotopic (exact) mass is 448 g/mol. The molecule has 0 atom stereocenters. The molecule has 0 radical (unpaired) electrons. The zero-order chi connectivity index (χ0) is 23.4. The van der Waals surface area contributed by atoms with Gasteiger partial charge in [0.1, 0.15) is 23.9 Å². The molecule has 0 aliphatic rings. The summed E-state index contributed by atoms with van der Waals surface area (Å²) in [6, 6.07) is 12.2. The predicted molar refractivity (Wildman–Crippen MR) is 122 cm³/mol. The van der Waals surface area contributed by atoms with E-state index in [1.807, 2.05) is 13.1 Å². The maximum absolute atomic E-state index is 14.5. The second-order valence-corrected chi connectivity index (χ2v) is 7.18. The Morgan fingerprint density at radius 1 is 1.09 bits per heavy atom. The number of aryl methyl sites for hydroxylation is 1. The highest BCUT2D eigenvalue weighted by atomic mass is 19.1. The van der Waals surface area contributed by atoms with Crippen molar-refractivity contribution in [3.05, 3.63) is 78.0 Å². The topological polar surface area (TPSA) is 110 Å². The number of carbonyl (C=O) groups is 2. The Labute approximate surface area is 188 Å². The van der Waals surface area contributed by atoms with E-state index in [1.54, 1.807) is 41.2 Å². The number of halogens is 1. The average molecular weight is 448 g/mol. The highest BCUT2D eigenvalue weighted by molar-refractivity contribution is 6.01. The molecule has 2 aromatic carbocycles. The van der Waals surface area contributed by atoms with E-state index in [2.05, 4.69) is 26.0 Å². The highest BCUT2D eigenvalue weighted by Gasteiger charge is 2.11. The molecule has 2 heterocycles. The zero-order valence-corrected chi connectivity index (χ0v) is 17.9. The average Bonchev–Trinajstić information content (AvgIpc) is 3.19. The molecular formula is C23H21FN6O3. The number of benzene rings is 2. The van der Waals surface area contributed by atoms with Crippen molar-refractivity contribution in [2.45, 2.75) is 6.61 Å². The molecule has 3 N–H and O–H groups in total. The number of urea groups is 1. The van der Waals surface area contributed by atoms with Crippen molar-refractivity contribution in [1.82, 2.24) is 20.1 Å². The lowest BCUT2D eigenvalue weighted by atomic mass is 10.2. The van der Waals surface area contributed by atoms with Crippen LogP contribution in [0.15, 0.2) is 60.9 Å². The van der Waals surface area contributed by atoms with Gasteiger partial charge in [-0.15, -0.1) is 0 Å². The molecule has 0 spiro atoms. The van der Waals surface area contributed by atoms with Crippen LogP contribution in [0.1, 0.15) is 16.1 Å². The number of amides is 3. The van der Waals surface area contributed by atoms with Gasteiger partial charge in [-0.1, -0.05) is 0 Å². The summed E-state index contributed by atoms with van der Waals surface area (Å²) in [6.07, 6.45) is 3.20. The number of ether oxygens (including phenoxy) is 1. The fourth-order valence-corrected chi connectivity index (χ4v) is 3.20. The van der Waals surface area contributed by atoms with Gasteiger partial charge in [0.05, 0.1) is 17.4 Å². The quantitative estimate of drug-likeness (QED) is 0.417. The molecule has 0 aliphatic carbocycles. The molecule has 0 saturated heterocycles. The van der Waals surface area contributed by atoms with E-state index in [1.165, 1.54) is 25.4 Å². The molecular weight excluding hydrogens is 427 g/mol. The molecule has 4 rings (SSSR count). The molecule has 0 saturated carbocycles. The minimum Gasteiger partial charge on any atom is -0.489 e. The SMILES string of the molecule is CNC(=O)c1cc(COc2ccc(NC(=O)Nc3ccc4c(cnn4C)c3)c(F)c2)ccn1. The number of anilines is 2. The van der Waals surface area contributed by atoms with Gasteiger partial charge >= 0.3 is 6.03 Å². The third-order valence-corrected chi connectivity index (χ3v) is 4.88. The second kappa shape index (κ2) is 9.35. The molecule has 9 nitrogen and oxygen atoms in total. The lowest BCUT2D eigenvalue weighted by Gasteiger charge is -2.11. The van der Waals surface area contributed by atoms with E-state index in [9.17, 15) is 14.0 Å². The van der Waals surface area contributed by atoms with Crippen molar-refractivity contribution in [2.75, 3.05) is 17.7 Å². The number of hydrogen-bond donors (Lipinski definition) is 3. The summed E-state index contributed by atoms with van der Waals surface area (Å²) in [4.78, 5) is 28.0. The van der Waals surface area contributed by atoms with Gasteiger partial charge in [-0.2, -0.15) is 5.10 Å². The van der Waals surface area contributed by atoms with Crippen LogP contribution in [-0.2, 0) is 13.7 Å². The molecule has 0 aliphatic heterocycles. The molecule has 0 bridgehead atoms. The van der Waals surface area contributed by atoms with Crippen LogP contribution < -0.4 is 20.7 Å². The van der Waals surface area contributed by atoms with Crippen molar-refractivity contribution in [1.29, 1.82) is 0 Å². The number of fused-ring (bicyclic) bond motifs is 1. The van der Waals surface area contributed by atoms with Gasteiger partial charge in [-0.05, 0) is 48.0 Å². The van der Waals surface area contributed by atoms with Crippen molar-refractivity contribution in [2.24, 2.45) is 7.05 Å². The van der Waals surface area contributed by atoms with Gasteiger partial charge in [0.15, 0.2) is 0 Å². The normalized spacial score (nSPS) is 10.6. The summed E-state index contributed by atoms with van der Waals surface area (Å²) < 4.78 is 21.8. The first kappa shape index (κ1) is 21.8. The van der Waals surface area contributed by atoms with E-state index in [0.29, 0.717) is 11.3 Å². The molecule has 0 fully saturated rings. The first-order chi connectivity index (χ1) is 15.9. The first-order valence-electron chi connectivity index (χ1n) is 10.0. The van der Waals surface area contributed by atoms with E-state index >= 15 is 0 Å². The van der Waals surface area contributed by atoms with Crippen LogP contribution in [-0.4, -0.2) is 33.8 Å². The van der Waals surface area contributed by atoms with Crippen molar-refractivity contribution in [3.63, 3.8) is 0 Å². The van der Waals surface area contributed by atoms with Gasteiger partial charge in [0.2, 0.25) is 0 Å². The minimum absolute atomic E-state index is 0.00752. The van der Waals surface area contributed by atoms with E-state index in [4.69, 9.17) is 4.74 Å². The molecule has 4 aromatic rings. The Hall–Kier alpha value is -4.47. The number of nitrogens with zero attached hydrogens (tertiary/aromatic N) is 3. The Morgan fingerprint density at radius 3 is 2.73 bits per heavy atom. The lowest BCUT2D eigenvalue weighted by molar-refractivity contribution is 0.0958. The van der Waals surface area contributed by atoms with Crippen LogP contribution >= 0.6 is 0 Å². The van der Waals surface area contributed by atoms with Crippen molar-refractivity contribution < 1.29 is 18.7 Å². The summed E-state index contributed by atoms with van der Waals surface area (Å²) in [7, 11) is 3.35. The number of carbonyl (C=O) groups excluding carboxylic acids is 2. The van der Waals surface area contributed by atoms with Gasteiger partial charge in [-0.25, -0.2) is 9.18 Å². The largest absolute Gasteiger partial charge is 0.489 e. The Kier molecular flexibility index (Phi) is 6.16. The van der Waals surface area contributed by atoms with Crippen LogP contribution in [0.5, 0.6) is 5.75 Å². The van der Waals surface area contributed by atoms with Gasteiger partial charge < -0.3 is 20.7 Å². The van der Waals surface area contributed by atoms with Crippen LogP contribution in [0, 0.1) is 5.82 Å². The van der Waals surface area contributed by atoms with E-state index < -0.39 is 11.8 Å². The van der Waals surface area contributed by atoms with E-state index in [0.717, 1.165) is 10.9 Å². The summed E-state index contributed by atoms with van der Waals surface area (Å²) in [5, 5.41) is 12.7. The zero-order valence-electron chi connectivity index (χ0n) is 17.9. The standard InChI is InChI=1S/C23H21FN6O3/c1-25-22(31)20-9-14(7-8-26-20)13-33-17-4-5-19(18(24)11-17)29-23(32)28-16-3-6-21-15(10-16)12-27-30(21)2/h3-12H,13H2,1-2H3,(H,25,31)(H2,28,29,32). The molecule has 10 heteroatoms. The molecule has 33 heavy (non-hydrogen) atoms. The molecule has 168 valence electrons. The van der Waals surface area contributed by atoms with Crippen LogP contribution in [0.25, 0.3) is 10.9 Å². The molecule has 0 unspecified atom stereocenters.